The van der Waals surface area contributed by atoms with Crippen molar-refractivity contribution in [1.29, 1.82) is 5.26 Å². The fourth-order valence-electron chi connectivity index (χ4n) is 3.55. The predicted molar refractivity (Wildman–Crippen MR) is 136 cm³/mol. The third-order valence-corrected chi connectivity index (χ3v) is 5.25. The number of amides is 1. The molecule has 3 aromatic heterocycles. The summed E-state index contributed by atoms with van der Waals surface area (Å²) in [6.45, 7) is 0. The standard InChI is InChI=1S/C27H19N7O/c28-16-18-4-6-24-23(14-18)25(10-13-30-24)32-21-3-1-2-19(15-21)27(35)34-22-5-7-26(31-17-22)33-20-8-11-29-12-9-20/h1-15,17H,(H,30,32)(H,34,35)(H,29,31,33). The van der Waals surface area contributed by atoms with Gasteiger partial charge in [-0.3, -0.25) is 14.8 Å². The second kappa shape index (κ2) is 9.68. The van der Waals surface area contributed by atoms with Crippen molar-refractivity contribution in [3.8, 4) is 6.07 Å². The van der Waals surface area contributed by atoms with Crippen molar-refractivity contribution >= 4 is 45.4 Å². The van der Waals surface area contributed by atoms with E-state index in [2.05, 4.69) is 37.0 Å². The van der Waals surface area contributed by atoms with Gasteiger partial charge in [0.1, 0.15) is 5.82 Å². The van der Waals surface area contributed by atoms with Crippen molar-refractivity contribution in [3.05, 3.63) is 109 Å². The molecule has 0 bridgehead atoms. The van der Waals surface area contributed by atoms with E-state index in [1.807, 2.05) is 30.3 Å². The van der Waals surface area contributed by atoms with Crippen LogP contribution in [-0.4, -0.2) is 20.9 Å². The lowest BCUT2D eigenvalue weighted by Gasteiger charge is -2.11. The van der Waals surface area contributed by atoms with E-state index in [0.717, 1.165) is 28.0 Å². The third kappa shape index (κ3) is 5.05. The quantitative estimate of drug-likeness (QED) is 0.302. The van der Waals surface area contributed by atoms with Crippen LogP contribution in [0.3, 0.4) is 0 Å². The molecule has 8 nitrogen and oxygen atoms in total. The van der Waals surface area contributed by atoms with Crippen LogP contribution in [0.4, 0.5) is 28.6 Å². The molecule has 0 fully saturated rings. The molecule has 1 amide bonds. The molecule has 0 saturated heterocycles. The highest BCUT2D eigenvalue weighted by atomic mass is 16.1. The molecule has 0 unspecified atom stereocenters. The Labute approximate surface area is 201 Å². The number of hydrogen-bond acceptors (Lipinski definition) is 7. The Balaban J connectivity index is 1.30. The second-order valence-corrected chi connectivity index (χ2v) is 7.66. The van der Waals surface area contributed by atoms with Gasteiger partial charge in [-0.1, -0.05) is 6.07 Å². The van der Waals surface area contributed by atoms with E-state index < -0.39 is 0 Å². The molecule has 0 aliphatic carbocycles. The first-order valence-corrected chi connectivity index (χ1v) is 10.8. The third-order valence-electron chi connectivity index (χ3n) is 5.25. The summed E-state index contributed by atoms with van der Waals surface area (Å²) >= 11 is 0. The lowest BCUT2D eigenvalue weighted by atomic mass is 10.1. The largest absolute Gasteiger partial charge is 0.355 e. The molecule has 2 aromatic carbocycles. The fourth-order valence-corrected chi connectivity index (χ4v) is 3.55. The topological polar surface area (TPSA) is 116 Å². The lowest BCUT2D eigenvalue weighted by Crippen LogP contribution is -2.12. The number of benzene rings is 2. The smallest absolute Gasteiger partial charge is 0.255 e. The van der Waals surface area contributed by atoms with Gasteiger partial charge in [-0.15, -0.1) is 0 Å². The average molecular weight is 457 g/mol. The van der Waals surface area contributed by atoms with Crippen molar-refractivity contribution in [1.82, 2.24) is 15.0 Å². The number of nitrogens with one attached hydrogen (secondary N) is 3. The van der Waals surface area contributed by atoms with Crippen LogP contribution < -0.4 is 16.0 Å². The van der Waals surface area contributed by atoms with Crippen LogP contribution in [0, 0.1) is 11.3 Å². The van der Waals surface area contributed by atoms with Crippen LogP contribution in [0.1, 0.15) is 15.9 Å². The Morgan fingerprint density at radius 1 is 0.800 bits per heavy atom. The maximum absolute atomic E-state index is 12.9. The fraction of sp³-hybridized carbons (Fsp3) is 0. The Kier molecular flexibility index (Phi) is 5.96. The number of fused-ring (bicyclic) bond motifs is 1. The molecule has 0 saturated carbocycles. The molecule has 0 spiro atoms. The number of nitriles is 1. The highest BCUT2D eigenvalue weighted by Crippen LogP contribution is 2.26. The number of carbonyl (C=O) groups excluding carboxylic acids is 1. The summed E-state index contributed by atoms with van der Waals surface area (Å²) in [6, 6.07) is 23.8. The molecule has 3 heterocycles. The van der Waals surface area contributed by atoms with E-state index in [9.17, 15) is 10.1 Å². The zero-order valence-electron chi connectivity index (χ0n) is 18.4. The molecule has 3 N–H and O–H groups in total. The van der Waals surface area contributed by atoms with Crippen LogP contribution in [0.25, 0.3) is 10.9 Å². The average Bonchev–Trinajstić information content (AvgIpc) is 2.90. The molecule has 0 radical (unpaired) electrons. The van der Waals surface area contributed by atoms with E-state index in [0.29, 0.717) is 22.6 Å². The minimum absolute atomic E-state index is 0.253. The monoisotopic (exact) mass is 457 g/mol. The summed E-state index contributed by atoms with van der Waals surface area (Å²) in [5.74, 6) is 0.404. The number of carbonyl (C=O) groups is 1. The number of hydrogen-bond donors (Lipinski definition) is 3. The van der Waals surface area contributed by atoms with E-state index in [1.54, 1.807) is 67.3 Å². The number of rotatable bonds is 6. The van der Waals surface area contributed by atoms with Gasteiger partial charge in [0, 0.05) is 46.6 Å². The van der Waals surface area contributed by atoms with Crippen LogP contribution in [0.15, 0.2) is 97.6 Å². The lowest BCUT2D eigenvalue weighted by molar-refractivity contribution is 0.102. The molecule has 8 heteroatoms. The summed E-state index contributed by atoms with van der Waals surface area (Å²) in [4.78, 5) is 25.5. The Morgan fingerprint density at radius 2 is 1.69 bits per heavy atom. The van der Waals surface area contributed by atoms with E-state index in [4.69, 9.17) is 0 Å². The molecule has 5 rings (SSSR count). The zero-order chi connectivity index (χ0) is 24.0. The van der Waals surface area contributed by atoms with E-state index in [-0.39, 0.29) is 5.91 Å². The van der Waals surface area contributed by atoms with Gasteiger partial charge in [0.05, 0.1) is 29.0 Å². The molecule has 0 aliphatic heterocycles. The first-order chi connectivity index (χ1) is 17.2. The maximum Gasteiger partial charge on any atom is 0.255 e. The first kappa shape index (κ1) is 21.6. The van der Waals surface area contributed by atoms with Gasteiger partial charge in [-0.05, 0) is 66.7 Å². The second-order valence-electron chi connectivity index (χ2n) is 7.66. The van der Waals surface area contributed by atoms with Crippen molar-refractivity contribution in [2.45, 2.75) is 0 Å². The number of nitrogens with zero attached hydrogens (tertiary/aromatic N) is 4. The normalized spacial score (nSPS) is 10.4. The Morgan fingerprint density at radius 3 is 2.49 bits per heavy atom. The van der Waals surface area contributed by atoms with Crippen LogP contribution >= 0.6 is 0 Å². The summed E-state index contributed by atoms with van der Waals surface area (Å²) < 4.78 is 0. The van der Waals surface area contributed by atoms with Crippen LogP contribution in [0.2, 0.25) is 0 Å². The molecule has 35 heavy (non-hydrogen) atoms. The van der Waals surface area contributed by atoms with Gasteiger partial charge in [-0.2, -0.15) is 5.26 Å². The minimum atomic E-state index is -0.253. The van der Waals surface area contributed by atoms with Gasteiger partial charge in [0.25, 0.3) is 5.91 Å². The molecule has 5 aromatic rings. The Hall–Kier alpha value is -5.29. The first-order valence-electron chi connectivity index (χ1n) is 10.8. The number of pyridine rings is 3. The maximum atomic E-state index is 12.9. The van der Waals surface area contributed by atoms with Gasteiger partial charge in [0.15, 0.2) is 0 Å². The van der Waals surface area contributed by atoms with E-state index in [1.165, 1.54) is 0 Å². The highest BCUT2D eigenvalue weighted by Gasteiger charge is 2.09. The molecule has 0 atom stereocenters. The molecule has 168 valence electrons. The van der Waals surface area contributed by atoms with Crippen LogP contribution in [-0.2, 0) is 0 Å². The van der Waals surface area contributed by atoms with Crippen molar-refractivity contribution in [2.75, 3.05) is 16.0 Å². The Bertz CT molecular complexity index is 1540. The minimum Gasteiger partial charge on any atom is -0.355 e. The predicted octanol–water partition coefficient (Wildman–Crippen LogP) is 5.64. The van der Waals surface area contributed by atoms with Gasteiger partial charge in [0.2, 0.25) is 0 Å². The van der Waals surface area contributed by atoms with E-state index >= 15 is 0 Å². The van der Waals surface area contributed by atoms with Crippen molar-refractivity contribution < 1.29 is 4.79 Å². The van der Waals surface area contributed by atoms with Crippen molar-refractivity contribution in [3.63, 3.8) is 0 Å². The van der Waals surface area contributed by atoms with Gasteiger partial charge < -0.3 is 16.0 Å². The molecule has 0 aliphatic rings. The zero-order valence-corrected chi connectivity index (χ0v) is 18.4. The summed E-state index contributed by atoms with van der Waals surface area (Å²) in [6.07, 6.45) is 6.69. The molecular formula is C27H19N7O. The summed E-state index contributed by atoms with van der Waals surface area (Å²) in [5, 5.41) is 19.4. The molecular weight excluding hydrogens is 438 g/mol. The summed E-state index contributed by atoms with van der Waals surface area (Å²) in [7, 11) is 0. The SMILES string of the molecule is N#Cc1ccc2nccc(Nc3cccc(C(=O)Nc4ccc(Nc5ccncc5)nc4)c3)c2c1. The number of aromatic nitrogens is 3. The number of anilines is 5. The van der Waals surface area contributed by atoms with Crippen molar-refractivity contribution in [2.24, 2.45) is 0 Å². The van der Waals surface area contributed by atoms with Gasteiger partial charge in [-0.25, -0.2) is 4.98 Å². The summed E-state index contributed by atoms with van der Waals surface area (Å²) in [5.41, 5.74) is 4.81. The van der Waals surface area contributed by atoms with Crippen LogP contribution in [0.5, 0.6) is 0 Å². The van der Waals surface area contributed by atoms with Gasteiger partial charge >= 0.3 is 0 Å². The highest BCUT2D eigenvalue weighted by molar-refractivity contribution is 6.05.